The number of thioether (sulfide) groups is 2. The molecule has 3 nitrogen and oxygen atoms in total. The fourth-order valence-corrected chi connectivity index (χ4v) is 5.44. The van der Waals surface area contributed by atoms with Crippen LogP contribution in [0.3, 0.4) is 0 Å². The maximum atomic E-state index is 4.80. The number of hydrogen-bond acceptors (Lipinski definition) is 5. The molecule has 112 valence electrons. The van der Waals surface area contributed by atoms with Crippen LogP contribution >= 0.6 is 39.5 Å². The molecule has 1 saturated heterocycles. The summed E-state index contributed by atoms with van der Waals surface area (Å²) in [4.78, 5) is 9.59. The van der Waals surface area contributed by atoms with E-state index >= 15 is 0 Å². The third-order valence-corrected chi connectivity index (χ3v) is 7.18. The minimum Gasteiger partial charge on any atom is -0.369 e. The Morgan fingerprint density at radius 1 is 1.25 bits per heavy atom. The Bertz CT molecular complexity index is 456. The topological polar surface area (TPSA) is 37.8 Å². The zero-order valence-corrected chi connectivity index (χ0v) is 15.5. The maximum absolute atomic E-state index is 4.80. The first-order valence-electron chi connectivity index (χ1n) is 7.20. The summed E-state index contributed by atoms with van der Waals surface area (Å²) >= 11 is 7.67. The zero-order valence-electron chi connectivity index (χ0n) is 12.3. The van der Waals surface area contributed by atoms with Crippen LogP contribution in [0.15, 0.2) is 4.47 Å². The summed E-state index contributed by atoms with van der Waals surface area (Å²) in [5.41, 5.74) is 1.11. The molecular weight excluding hydrogens is 354 g/mol. The van der Waals surface area contributed by atoms with Gasteiger partial charge in [0.15, 0.2) is 0 Å². The quantitative estimate of drug-likeness (QED) is 0.817. The highest BCUT2D eigenvalue weighted by Crippen LogP contribution is 2.42. The molecule has 0 spiro atoms. The van der Waals surface area contributed by atoms with Gasteiger partial charge in [-0.1, -0.05) is 20.8 Å². The predicted octanol–water partition coefficient (Wildman–Crippen LogP) is 4.53. The van der Waals surface area contributed by atoms with Gasteiger partial charge in [-0.05, 0) is 28.8 Å². The predicted molar refractivity (Wildman–Crippen MR) is 95.0 cm³/mol. The molecule has 1 aliphatic rings. The second kappa shape index (κ2) is 7.90. The summed E-state index contributed by atoms with van der Waals surface area (Å²) in [5, 5.41) is 4.41. The zero-order chi connectivity index (χ0) is 14.5. The van der Waals surface area contributed by atoms with Crippen molar-refractivity contribution < 1.29 is 0 Å². The van der Waals surface area contributed by atoms with Crippen molar-refractivity contribution in [2.45, 2.75) is 44.1 Å². The van der Waals surface area contributed by atoms with E-state index in [0.717, 1.165) is 41.2 Å². The molecule has 1 fully saturated rings. The molecule has 2 heterocycles. The number of rotatable bonds is 5. The van der Waals surface area contributed by atoms with Crippen LogP contribution in [0.2, 0.25) is 0 Å². The number of hydrogen-bond donors (Lipinski definition) is 1. The van der Waals surface area contributed by atoms with E-state index in [1.54, 1.807) is 0 Å². The SMILES string of the molecule is CCCNc1nc(C2SCCSC2C)nc(CC)c1Br. The number of aryl methyl sites for hydroxylation is 1. The van der Waals surface area contributed by atoms with Crippen LogP contribution in [0.25, 0.3) is 0 Å². The molecule has 0 aromatic carbocycles. The van der Waals surface area contributed by atoms with Gasteiger partial charge in [0.25, 0.3) is 0 Å². The summed E-state index contributed by atoms with van der Waals surface area (Å²) in [5.74, 6) is 4.38. The van der Waals surface area contributed by atoms with E-state index in [4.69, 9.17) is 9.97 Å². The summed E-state index contributed by atoms with van der Waals surface area (Å²) in [6.07, 6.45) is 2.02. The highest BCUT2D eigenvalue weighted by atomic mass is 79.9. The average molecular weight is 376 g/mol. The Balaban J connectivity index is 2.32. The van der Waals surface area contributed by atoms with Gasteiger partial charge in [-0.15, -0.1) is 11.8 Å². The minimum absolute atomic E-state index is 0.411. The molecule has 1 aromatic heterocycles. The number of aromatic nitrogens is 2. The standard InChI is InChI=1S/C14H22BrN3S2/c1-4-6-16-13-11(15)10(5-2)17-14(18-13)12-9(3)19-7-8-20-12/h9,12H,4-8H2,1-3H3,(H,16,17,18). The van der Waals surface area contributed by atoms with Crippen molar-refractivity contribution in [2.24, 2.45) is 0 Å². The number of anilines is 1. The van der Waals surface area contributed by atoms with Crippen LogP contribution in [0, 0.1) is 0 Å². The van der Waals surface area contributed by atoms with Gasteiger partial charge in [-0.2, -0.15) is 11.8 Å². The lowest BCUT2D eigenvalue weighted by Crippen LogP contribution is -2.20. The van der Waals surface area contributed by atoms with Crippen molar-refractivity contribution in [1.82, 2.24) is 9.97 Å². The average Bonchev–Trinajstić information content (AvgIpc) is 2.47. The van der Waals surface area contributed by atoms with Gasteiger partial charge in [-0.25, -0.2) is 9.97 Å². The Morgan fingerprint density at radius 3 is 2.65 bits per heavy atom. The van der Waals surface area contributed by atoms with Crippen LogP contribution in [0.1, 0.15) is 44.0 Å². The van der Waals surface area contributed by atoms with E-state index in [-0.39, 0.29) is 0 Å². The summed E-state index contributed by atoms with van der Waals surface area (Å²) in [7, 11) is 0. The third kappa shape index (κ3) is 3.83. The molecule has 2 rings (SSSR count). The maximum Gasteiger partial charge on any atom is 0.145 e. The number of nitrogens with zero attached hydrogens (tertiary/aromatic N) is 2. The molecule has 1 aromatic rings. The third-order valence-electron chi connectivity index (χ3n) is 3.26. The second-order valence-electron chi connectivity index (χ2n) is 4.84. The van der Waals surface area contributed by atoms with Crippen molar-refractivity contribution in [2.75, 3.05) is 23.4 Å². The molecule has 1 aliphatic heterocycles. The molecule has 0 amide bonds. The normalized spacial score (nSPS) is 22.8. The fraction of sp³-hybridized carbons (Fsp3) is 0.714. The Labute approximate surface area is 138 Å². The first kappa shape index (κ1) is 16.4. The fourth-order valence-electron chi connectivity index (χ4n) is 2.15. The van der Waals surface area contributed by atoms with Gasteiger partial charge >= 0.3 is 0 Å². The lowest BCUT2D eigenvalue weighted by atomic mass is 10.2. The van der Waals surface area contributed by atoms with Gasteiger partial charge < -0.3 is 5.32 Å². The van der Waals surface area contributed by atoms with E-state index in [2.05, 4.69) is 42.0 Å². The lowest BCUT2D eigenvalue weighted by Gasteiger charge is -2.27. The monoisotopic (exact) mass is 375 g/mol. The first-order valence-corrected chi connectivity index (χ1v) is 10.1. The highest BCUT2D eigenvalue weighted by molar-refractivity contribution is 9.10. The van der Waals surface area contributed by atoms with Crippen molar-refractivity contribution in [3.05, 3.63) is 16.0 Å². The highest BCUT2D eigenvalue weighted by Gasteiger charge is 2.27. The Hall–Kier alpha value is 0.0600. The van der Waals surface area contributed by atoms with E-state index in [0.29, 0.717) is 10.5 Å². The van der Waals surface area contributed by atoms with E-state index < -0.39 is 0 Å². The molecule has 0 radical (unpaired) electrons. The van der Waals surface area contributed by atoms with Crippen molar-refractivity contribution in [3.8, 4) is 0 Å². The van der Waals surface area contributed by atoms with Gasteiger partial charge in [0.05, 0.1) is 15.4 Å². The summed E-state index contributed by atoms with van der Waals surface area (Å²) < 4.78 is 1.03. The van der Waals surface area contributed by atoms with Gasteiger partial charge in [0.1, 0.15) is 11.6 Å². The van der Waals surface area contributed by atoms with E-state index in [1.807, 2.05) is 23.5 Å². The molecule has 0 aliphatic carbocycles. The minimum atomic E-state index is 0.411. The smallest absolute Gasteiger partial charge is 0.145 e. The van der Waals surface area contributed by atoms with Crippen LogP contribution < -0.4 is 5.32 Å². The lowest BCUT2D eigenvalue weighted by molar-refractivity contribution is 0.798. The van der Waals surface area contributed by atoms with Crippen LogP contribution in [-0.2, 0) is 6.42 Å². The molecule has 2 unspecified atom stereocenters. The van der Waals surface area contributed by atoms with E-state index in [9.17, 15) is 0 Å². The second-order valence-corrected chi connectivity index (χ2v) is 8.37. The molecule has 0 saturated carbocycles. The van der Waals surface area contributed by atoms with Gasteiger partial charge in [0, 0.05) is 23.3 Å². The Kier molecular flexibility index (Phi) is 6.49. The number of halogens is 1. The molecule has 1 N–H and O–H groups in total. The van der Waals surface area contributed by atoms with Crippen molar-refractivity contribution in [1.29, 1.82) is 0 Å². The van der Waals surface area contributed by atoms with Gasteiger partial charge in [-0.3, -0.25) is 0 Å². The molecule has 20 heavy (non-hydrogen) atoms. The largest absolute Gasteiger partial charge is 0.369 e. The molecule has 0 bridgehead atoms. The molecular formula is C14H22BrN3S2. The van der Waals surface area contributed by atoms with Crippen LogP contribution in [0.5, 0.6) is 0 Å². The van der Waals surface area contributed by atoms with Crippen LogP contribution in [-0.4, -0.2) is 33.3 Å². The molecule has 2 atom stereocenters. The van der Waals surface area contributed by atoms with Crippen LogP contribution in [0.4, 0.5) is 5.82 Å². The van der Waals surface area contributed by atoms with Crippen molar-refractivity contribution >= 4 is 45.3 Å². The van der Waals surface area contributed by atoms with Gasteiger partial charge in [0.2, 0.25) is 0 Å². The molecule has 6 heteroatoms. The first-order chi connectivity index (χ1) is 9.67. The number of nitrogens with one attached hydrogen (secondary N) is 1. The Morgan fingerprint density at radius 2 is 2.00 bits per heavy atom. The summed E-state index contributed by atoms with van der Waals surface area (Å²) in [6.45, 7) is 7.55. The van der Waals surface area contributed by atoms with E-state index in [1.165, 1.54) is 11.5 Å². The summed E-state index contributed by atoms with van der Waals surface area (Å²) in [6, 6.07) is 0. The van der Waals surface area contributed by atoms with Crippen molar-refractivity contribution in [3.63, 3.8) is 0 Å².